The van der Waals surface area contributed by atoms with Crippen molar-refractivity contribution in [2.75, 3.05) is 26.4 Å². The van der Waals surface area contributed by atoms with E-state index in [2.05, 4.69) is 18.8 Å². The number of carbonyl (C=O) groups is 1. The molecule has 0 aromatic rings. The number of hydrogen-bond donors (Lipinski definition) is 2. The largest absolute Gasteiger partial charge is 0.475 e. The first-order valence-corrected chi connectivity index (χ1v) is 8.42. The first-order chi connectivity index (χ1) is 9.99. The number of hydrogen-bond acceptors (Lipinski definition) is 6. The van der Waals surface area contributed by atoms with Crippen LogP contribution in [0, 0.1) is 38.0 Å². The van der Waals surface area contributed by atoms with Crippen LogP contribution < -0.4 is 11.1 Å². The van der Waals surface area contributed by atoms with Gasteiger partial charge in [-0.05, 0) is 6.42 Å². The third kappa shape index (κ3) is 11.8. The predicted octanol–water partition coefficient (Wildman–Crippen LogP) is 1.80. The summed E-state index contributed by atoms with van der Waals surface area (Å²) in [5.41, 5.74) is 5.66. The fourth-order valence-corrected chi connectivity index (χ4v) is 2.41. The van der Waals surface area contributed by atoms with E-state index in [1.807, 2.05) is 6.92 Å². The Morgan fingerprint density at radius 3 is 2.68 bits per heavy atom. The molecule has 0 saturated carbocycles. The minimum absolute atomic E-state index is 0. The Hall–Kier alpha value is 0.332. The number of nitrogens with two attached hydrogens (primary N) is 1. The van der Waals surface area contributed by atoms with Crippen molar-refractivity contribution in [3.8, 4) is 0 Å². The van der Waals surface area contributed by atoms with Gasteiger partial charge in [0, 0.05) is 44.3 Å². The van der Waals surface area contributed by atoms with Crippen LogP contribution in [0.1, 0.15) is 26.2 Å². The van der Waals surface area contributed by atoms with E-state index in [0.717, 1.165) is 12.8 Å². The van der Waals surface area contributed by atoms with Gasteiger partial charge in [-0.3, -0.25) is 18.4 Å². The van der Waals surface area contributed by atoms with Gasteiger partial charge in [-0.2, -0.15) is 6.42 Å². The van der Waals surface area contributed by atoms with E-state index < -0.39 is 13.9 Å². The zero-order chi connectivity index (χ0) is 16.1. The second-order valence-corrected chi connectivity index (χ2v) is 5.93. The fourth-order valence-electron chi connectivity index (χ4n) is 1.20. The SMILES string of the molecule is C=CCOP(=O)(OCC[CH2-])OCC(N)C(=O)NCCCC.[U]. The number of unbranched alkanes of at least 4 members (excludes halogenated alkanes) is 1. The summed E-state index contributed by atoms with van der Waals surface area (Å²) in [6, 6.07) is -0.939. The minimum atomic E-state index is -3.75. The number of amides is 1. The molecular weight excluding hydrogens is 533 g/mol. The number of rotatable bonds is 13. The molecule has 0 radical (unpaired) electrons. The zero-order valence-corrected chi connectivity index (χ0v) is 18.1. The Kier molecular flexibility index (Phi) is 16.6. The Balaban J connectivity index is 0. The van der Waals surface area contributed by atoms with Crippen LogP contribution in [0.3, 0.4) is 0 Å². The molecular formula is C13H26N2O5PU-. The molecule has 1 amide bonds. The van der Waals surface area contributed by atoms with E-state index in [1.165, 1.54) is 6.08 Å². The van der Waals surface area contributed by atoms with Gasteiger partial charge in [-0.25, -0.2) is 4.57 Å². The molecule has 0 heterocycles. The second kappa shape index (κ2) is 14.9. The van der Waals surface area contributed by atoms with Crippen molar-refractivity contribution in [3.05, 3.63) is 19.6 Å². The molecule has 0 bridgehead atoms. The molecule has 0 aliphatic rings. The standard InChI is InChI=1S/C13H26N2O5P.U/c1-4-7-8-15-13(16)12(14)11-20-21(17,18-9-5-2)19-10-6-3;/h5,12H,2-4,6-11,14H2,1H3,(H,15,16);/q-1;. The molecule has 7 nitrogen and oxygen atoms in total. The molecule has 0 fully saturated rings. The fraction of sp³-hybridized carbons (Fsp3) is 0.692. The van der Waals surface area contributed by atoms with Crippen molar-refractivity contribution in [2.45, 2.75) is 32.2 Å². The van der Waals surface area contributed by atoms with E-state index in [4.69, 9.17) is 19.3 Å². The predicted molar refractivity (Wildman–Crippen MR) is 81.5 cm³/mol. The molecule has 9 heteroatoms. The summed E-state index contributed by atoms with van der Waals surface area (Å²) in [6.45, 7) is 9.45. The van der Waals surface area contributed by atoms with Crippen molar-refractivity contribution in [3.63, 3.8) is 0 Å². The van der Waals surface area contributed by atoms with Gasteiger partial charge in [-0.15, -0.1) is 6.58 Å². The number of phosphoric acid groups is 1. The third-order valence-corrected chi connectivity index (χ3v) is 3.75. The minimum Gasteiger partial charge on any atom is -0.355 e. The van der Waals surface area contributed by atoms with Gasteiger partial charge in [-0.1, -0.05) is 19.4 Å². The van der Waals surface area contributed by atoms with Crippen LogP contribution in [0.2, 0.25) is 0 Å². The molecule has 2 unspecified atom stereocenters. The van der Waals surface area contributed by atoms with Crippen molar-refractivity contribution >= 4 is 13.7 Å². The van der Waals surface area contributed by atoms with Crippen LogP contribution in [-0.4, -0.2) is 38.3 Å². The molecule has 0 spiro atoms. The molecule has 128 valence electrons. The van der Waals surface area contributed by atoms with E-state index in [-0.39, 0.29) is 56.8 Å². The van der Waals surface area contributed by atoms with Gasteiger partial charge in [0.15, 0.2) is 0 Å². The average molecular weight is 559 g/mol. The van der Waals surface area contributed by atoms with Crippen LogP contribution in [0.15, 0.2) is 12.7 Å². The Labute approximate surface area is 156 Å². The van der Waals surface area contributed by atoms with Crippen LogP contribution >= 0.6 is 7.82 Å². The van der Waals surface area contributed by atoms with E-state index in [1.54, 1.807) is 0 Å². The van der Waals surface area contributed by atoms with Crippen LogP contribution in [0.4, 0.5) is 0 Å². The Bertz CT molecular complexity index is 357. The summed E-state index contributed by atoms with van der Waals surface area (Å²) in [5.74, 6) is -0.365. The molecule has 0 aromatic carbocycles. The van der Waals surface area contributed by atoms with Gasteiger partial charge < -0.3 is 18.0 Å². The summed E-state index contributed by atoms with van der Waals surface area (Å²) in [5, 5.41) is 2.66. The molecule has 2 atom stereocenters. The van der Waals surface area contributed by atoms with Gasteiger partial charge in [0.05, 0.1) is 13.2 Å². The topological polar surface area (TPSA) is 99.9 Å². The Morgan fingerprint density at radius 1 is 1.45 bits per heavy atom. The molecule has 0 aromatic heterocycles. The van der Waals surface area contributed by atoms with Crippen molar-refractivity contribution in [1.29, 1.82) is 0 Å². The summed E-state index contributed by atoms with van der Waals surface area (Å²) in [4.78, 5) is 11.6. The molecule has 0 aliphatic carbocycles. The number of phosphoric ester groups is 1. The van der Waals surface area contributed by atoms with Gasteiger partial charge in [0.2, 0.25) is 5.91 Å². The first-order valence-electron chi connectivity index (χ1n) is 6.96. The molecule has 0 saturated heterocycles. The number of carbonyl (C=O) groups excluding carboxylic acids is 1. The van der Waals surface area contributed by atoms with Crippen LogP contribution in [-0.2, 0) is 22.9 Å². The second-order valence-electron chi connectivity index (χ2n) is 4.27. The third-order valence-electron chi connectivity index (χ3n) is 2.32. The normalized spacial score (nSPS) is 14.5. The zero-order valence-electron chi connectivity index (χ0n) is 13.1. The van der Waals surface area contributed by atoms with Crippen molar-refractivity contribution in [2.24, 2.45) is 5.73 Å². The van der Waals surface area contributed by atoms with Gasteiger partial charge in [0.25, 0.3) is 0 Å². The first kappa shape index (κ1) is 24.6. The molecule has 0 rings (SSSR count). The van der Waals surface area contributed by atoms with Crippen molar-refractivity contribution in [1.82, 2.24) is 5.32 Å². The summed E-state index contributed by atoms with van der Waals surface area (Å²) < 4.78 is 27.3. The van der Waals surface area contributed by atoms with Crippen LogP contribution in [0.5, 0.6) is 0 Å². The van der Waals surface area contributed by atoms with E-state index in [9.17, 15) is 9.36 Å². The van der Waals surface area contributed by atoms with E-state index in [0.29, 0.717) is 13.0 Å². The maximum atomic E-state index is 12.2. The molecule has 3 N–H and O–H groups in total. The average Bonchev–Trinajstić information content (AvgIpc) is 2.49. The summed E-state index contributed by atoms with van der Waals surface area (Å²) in [6.07, 6.45) is 3.66. The van der Waals surface area contributed by atoms with Crippen LogP contribution in [0.25, 0.3) is 0 Å². The smallest absolute Gasteiger partial charge is 0.355 e. The molecule has 22 heavy (non-hydrogen) atoms. The molecule has 0 aliphatic heterocycles. The monoisotopic (exact) mass is 559 g/mol. The van der Waals surface area contributed by atoms with Gasteiger partial charge in [0.1, 0.15) is 6.04 Å². The summed E-state index contributed by atoms with van der Waals surface area (Å²) >= 11 is 0. The van der Waals surface area contributed by atoms with E-state index >= 15 is 0 Å². The Morgan fingerprint density at radius 2 is 2.14 bits per heavy atom. The maximum Gasteiger partial charge on any atom is 0.475 e. The van der Waals surface area contributed by atoms with Crippen molar-refractivity contribution < 1.29 is 54.0 Å². The maximum absolute atomic E-state index is 12.2. The number of nitrogens with one attached hydrogen (secondary N) is 1. The van der Waals surface area contributed by atoms with Gasteiger partial charge >= 0.3 is 7.82 Å². The summed E-state index contributed by atoms with van der Waals surface area (Å²) in [7, 11) is -3.75. The quantitative estimate of drug-likeness (QED) is 0.155.